The fraction of sp³-hybridized carbons (Fsp3) is 0.412. The molecule has 1 amide bonds. The van der Waals surface area contributed by atoms with Crippen LogP contribution in [0.15, 0.2) is 29.1 Å². The largest absolute Gasteiger partial charge is 0.337 e. The second-order valence-corrected chi connectivity index (χ2v) is 7.58. The summed E-state index contributed by atoms with van der Waals surface area (Å²) in [7, 11) is 1.55. The lowest BCUT2D eigenvalue weighted by atomic mass is 9.89. The molecular formula is C17H19ClN6O2S. The Bertz CT molecular complexity index is 927. The van der Waals surface area contributed by atoms with E-state index in [2.05, 4.69) is 25.0 Å². The Kier molecular flexibility index (Phi) is 5.07. The molecule has 2 N–H and O–H groups in total. The van der Waals surface area contributed by atoms with Gasteiger partial charge in [-0.1, -0.05) is 18.0 Å². The molecule has 1 fully saturated rings. The van der Waals surface area contributed by atoms with Gasteiger partial charge in [-0.2, -0.15) is 4.40 Å². The van der Waals surface area contributed by atoms with Crippen molar-refractivity contribution in [2.75, 3.05) is 12.4 Å². The van der Waals surface area contributed by atoms with Gasteiger partial charge in [-0.15, -0.1) is 0 Å². The Morgan fingerprint density at radius 2 is 2.22 bits per heavy atom. The van der Waals surface area contributed by atoms with Crippen LogP contribution >= 0.6 is 23.8 Å². The first-order chi connectivity index (χ1) is 13.1. The Labute approximate surface area is 165 Å². The van der Waals surface area contributed by atoms with Gasteiger partial charge in [0.1, 0.15) is 35.7 Å². The standard InChI is InChI=1S/C17H19ClN6O2S/c1-26-27-23-15-12(21-13-5-8-19-10-20-13)9-11(18)14-16(25)22-17(24(14)15)6-3-2-4-7-17/h5,8-10H,2-4,6-7H2,1H3,(H,22,25)(H,19,20,21)/b23-15+. The van der Waals surface area contributed by atoms with Gasteiger partial charge in [-0.25, -0.2) is 9.97 Å². The van der Waals surface area contributed by atoms with Crippen LogP contribution in [0.3, 0.4) is 0 Å². The van der Waals surface area contributed by atoms with E-state index in [4.69, 9.17) is 15.8 Å². The lowest BCUT2D eigenvalue weighted by Gasteiger charge is -2.36. The number of halogens is 1. The number of nitrogens with zero attached hydrogens (tertiary/aromatic N) is 4. The molecular weight excluding hydrogens is 388 g/mol. The fourth-order valence-electron chi connectivity index (χ4n) is 3.79. The molecule has 0 aromatic carbocycles. The van der Waals surface area contributed by atoms with Crippen molar-refractivity contribution >= 4 is 41.2 Å². The highest BCUT2D eigenvalue weighted by atomic mass is 35.5. The topological polar surface area (TPSA) is 93.4 Å². The smallest absolute Gasteiger partial charge is 0.271 e. The lowest BCUT2D eigenvalue weighted by Crippen LogP contribution is -2.49. The second-order valence-electron chi connectivity index (χ2n) is 6.51. The molecule has 4 rings (SSSR count). The van der Waals surface area contributed by atoms with Gasteiger partial charge in [-0.05, 0) is 37.8 Å². The monoisotopic (exact) mass is 406 g/mol. The molecule has 0 bridgehead atoms. The maximum Gasteiger partial charge on any atom is 0.271 e. The van der Waals surface area contributed by atoms with Crippen LogP contribution in [0.4, 0.5) is 11.5 Å². The van der Waals surface area contributed by atoms with Crippen molar-refractivity contribution in [3.8, 4) is 0 Å². The summed E-state index contributed by atoms with van der Waals surface area (Å²) in [5, 5.41) is 6.76. The van der Waals surface area contributed by atoms with E-state index in [0.29, 0.717) is 27.7 Å². The summed E-state index contributed by atoms with van der Waals surface area (Å²) < 4.78 is 11.5. The summed E-state index contributed by atoms with van der Waals surface area (Å²) in [4.78, 5) is 20.8. The van der Waals surface area contributed by atoms with Gasteiger partial charge in [0, 0.05) is 6.20 Å². The number of fused-ring (bicyclic) bond motifs is 2. The number of aromatic nitrogens is 3. The quantitative estimate of drug-likeness (QED) is 0.598. The van der Waals surface area contributed by atoms with Gasteiger partial charge >= 0.3 is 0 Å². The van der Waals surface area contributed by atoms with E-state index in [9.17, 15) is 4.79 Å². The number of pyridine rings is 1. The first-order valence-corrected chi connectivity index (χ1v) is 9.78. The van der Waals surface area contributed by atoms with E-state index in [-0.39, 0.29) is 5.91 Å². The van der Waals surface area contributed by atoms with E-state index in [1.54, 1.807) is 25.4 Å². The molecule has 2 aromatic rings. The summed E-state index contributed by atoms with van der Waals surface area (Å²) in [5.74, 6) is 0.435. The first kappa shape index (κ1) is 18.3. The van der Waals surface area contributed by atoms with Crippen LogP contribution in [0, 0.1) is 0 Å². The molecule has 0 radical (unpaired) electrons. The molecule has 1 aliphatic heterocycles. The SMILES string of the molecule is COS/N=c1\c(Nc2ccncn2)cc(Cl)c2n1C1(CCCCC1)NC2=O. The van der Waals surface area contributed by atoms with Crippen LogP contribution < -0.4 is 16.1 Å². The maximum atomic E-state index is 12.7. The van der Waals surface area contributed by atoms with Gasteiger partial charge in [0.2, 0.25) is 0 Å². The van der Waals surface area contributed by atoms with Crippen LogP contribution in [-0.4, -0.2) is 27.6 Å². The zero-order valence-corrected chi connectivity index (χ0v) is 16.3. The minimum atomic E-state index is -0.509. The Balaban J connectivity index is 1.93. The van der Waals surface area contributed by atoms with Gasteiger partial charge in [-0.3, -0.25) is 13.5 Å². The minimum Gasteiger partial charge on any atom is -0.337 e. The van der Waals surface area contributed by atoms with E-state index >= 15 is 0 Å². The molecule has 2 aliphatic rings. The minimum absolute atomic E-state index is 0.172. The molecule has 142 valence electrons. The van der Waals surface area contributed by atoms with E-state index in [1.807, 2.05) is 4.57 Å². The van der Waals surface area contributed by atoms with Gasteiger partial charge in [0.15, 0.2) is 5.49 Å². The molecule has 27 heavy (non-hydrogen) atoms. The zero-order chi connectivity index (χ0) is 18.9. The van der Waals surface area contributed by atoms with Gasteiger partial charge < -0.3 is 10.6 Å². The first-order valence-electron chi connectivity index (χ1n) is 8.70. The molecule has 2 aromatic heterocycles. The zero-order valence-electron chi connectivity index (χ0n) is 14.7. The summed E-state index contributed by atoms with van der Waals surface area (Å²) in [6.45, 7) is 0. The number of nitrogens with one attached hydrogen (secondary N) is 2. The summed E-state index contributed by atoms with van der Waals surface area (Å²) >= 11 is 7.47. The number of carbonyl (C=O) groups excluding carboxylic acids is 1. The van der Waals surface area contributed by atoms with Crippen molar-refractivity contribution in [1.29, 1.82) is 0 Å². The predicted molar refractivity (Wildman–Crippen MR) is 103 cm³/mol. The van der Waals surface area contributed by atoms with Crippen LogP contribution in [0.1, 0.15) is 42.6 Å². The van der Waals surface area contributed by atoms with Crippen molar-refractivity contribution in [3.05, 3.63) is 40.9 Å². The van der Waals surface area contributed by atoms with E-state index in [0.717, 1.165) is 44.3 Å². The number of hydrogen-bond acceptors (Lipinski definition) is 7. The summed E-state index contributed by atoms with van der Waals surface area (Å²) in [5.41, 5.74) is 1.15. The van der Waals surface area contributed by atoms with Crippen LogP contribution in [0.2, 0.25) is 5.02 Å². The highest BCUT2D eigenvalue weighted by molar-refractivity contribution is 7.93. The number of rotatable bonds is 4. The highest BCUT2D eigenvalue weighted by Crippen LogP contribution is 2.38. The number of amides is 1. The molecule has 0 saturated heterocycles. The normalized spacial score (nSPS) is 18.4. The average molecular weight is 407 g/mol. The average Bonchev–Trinajstić information content (AvgIpc) is 2.95. The van der Waals surface area contributed by atoms with Crippen molar-refractivity contribution in [2.24, 2.45) is 4.40 Å². The second kappa shape index (κ2) is 7.49. The molecule has 1 spiro atoms. The van der Waals surface area contributed by atoms with Crippen molar-refractivity contribution in [3.63, 3.8) is 0 Å². The summed E-state index contributed by atoms with van der Waals surface area (Å²) in [6, 6.07) is 3.45. The lowest BCUT2D eigenvalue weighted by molar-refractivity contribution is 0.0876. The highest BCUT2D eigenvalue weighted by Gasteiger charge is 2.45. The van der Waals surface area contributed by atoms with Gasteiger partial charge in [0.25, 0.3) is 5.91 Å². The number of carbonyl (C=O) groups is 1. The maximum absolute atomic E-state index is 12.7. The molecule has 3 heterocycles. The Morgan fingerprint density at radius 3 is 2.93 bits per heavy atom. The fourth-order valence-corrected chi connectivity index (χ4v) is 4.39. The van der Waals surface area contributed by atoms with Crippen LogP contribution in [0.25, 0.3) is 0 Å². The Morgan fingerprint density at radius 1 is 1.41 bits per heavy atom. The van der Waals surface area contributed by atoms with E-state index < -0.39 is 5.66 Å². The van der Waals surface area contributed by atoms with Crippen molar-refractivity contribution < 1.29 is 8.98 Å². The molecule has 1 saturated carbocycles. The third-order valence-corrected chi connectivity index (χ3v) is 5.57. The third-order valence-electron chi connectivity index (χ3n) is 4.89. The van der Waals surface area contributed by atoms with E-state index in [1.165, 1.54) is 6.33 Å². The van der Waals surface area contributed by atoms with Crippen LogP contribution in [0.5, 0.6) is 0 Å². The van der Waals surface area contributed by atoms with Crippen molar-refractivity contribution in [2.45, 2.75) is 37.8 Å². The van der Waals surface area contributed by atoms with Gasteiger partial charge in [0.05, 0.1) is 17.8 Å². The predicted octanol–water partition coefficient (Wildman–Crippen LogP) is 3.15. The molecule has 0 atom stereocenters. The van der Waals surface area contributed by atoms with Crippen molar-refractivity contribution in [1.82, 2.24) is 19.9 Å². The molecule has 10 heteroatoms. The number of hydrogen-bond donors (Lipinski definition) is 2. The Hall–Kier alpha value is -2.10. The molecule has 0 unspecified atom stereocenters. The number of anilines is 2. The third kappa shape index (κ3) is 3.30. The molecule has 1 aliphatic carbocycles. The summed E-state index contributed by atoms with van der Waals surface area (Å²) in [6.07, 6.45) is 7.99. The molecule has 8 nitrogen and oxygen atoms in total. The van der Waals surface area contributed by atoms with Crippen LogP contribution in [-0.2, 0) is 9.85 Å².